The molecule has 1 aliphatic heterocycles. The van der Waals surface area contributed by atoms with Crippen molar-refractivity contribution >= 4 is 72.5 Å². The molecule has 8 heteroatoms. The first kappa shape index (κ1) is 18.5. The maximum atomic E-state index is 13.7. The molecule has 6 rings (SSSR count). The summed E-state index contributed by atoms with van der Waals surface area (Å²) in [6, 6.07) is 8.05. The van der Waals surface area contributed by atoms with Gasteiger partial charge < -0.3 is 4.98 Å². The number of benzene rings is 1. The molecule has 1 amide bonds. The van der Waals surface area contributed by atoms with Crippen molar-refractivity contribution in [2.45, 2.75) is 37.9 Å². The van der Waals surface area contributed by atoms with Gasteiger partial charge in [0.25, 0.3) is 5.91 Å². The Morgan fingerprint density at radius 2 is 2.03 bits per heavy atom. The Kier molecular flexibility index (Phi) is 4.23. The molecule has 1 atom stereocenters. The fourth-order valence-corrected chi connectivity index (χ4v) is 7.29. The minimum atomic E-state index is -0.367. The first-order valence-electron chi connectivity index (χ1n) is 10.0. The average molecular weight is 451 g/mol. The number of aromatic amines is 1. The van der Waals surface area contributed by atoms with E-state index >= 15 is 0 Å². The van der Waals surface area contributed by atoms with Gasteiger partial charge in [0.2, 0.25) is 0 Å². The number of para-hydroxylation sites is 1. The third-order valence-corrected chi connectivity index (χ3v) is 8.60. The Labute approximate surface area is 186 Å². The number of thiophene rings is 1. The number of rotatable bonds is 2. The summed E-state index contributed by atoms with van der Waals surface area (Å²) in [4.78, 5) is 30.4. The molecular weight excluding hydrogens is 432 g/mol. The maximum Gasteiger partial charge on any atom is 0.251 e. The molecule has 1 N–H and O–H groups in total. The van der Waals surface area contributed by atoms with Gasteiger partial charge in [-0.2, -0.15) is 0 Å². The van der Waals surface area contributed by atoms with Crippen LogP contribution in [0.3, 0.4) is 0 Å². The third kappa shape index (κ3) is 2.67. The van der Waals surface area contributed by atoms with E-state index in [9.17, 15) is 4.79 Å². The first-order valence-corrected chi connectivity index (χ1v) is 12.1. The lowest BCUT2D eigenvalue weighted by Gasteiger charge is -2.18. The van der Waals surface area contributed by atoms with Gasteiger partial charge in [-0.05, 0) is 44.2 Å². The Balaban J connectivity index is 1.50. The number of hydrogen-bond donors (Lipinski definition) is 1. The number of fused-ring (bicyclic) bond motifs is 4. The van der Waals surface area contributed by atoms with Crippen molar-refractivity contribution in [1.29, 1.82) is 0 Å². The molecule has 1 aromatic carbocycles. The zero-order valence-electron chi connectivity index (χ0n) is 16.3. The SMILES string of the molecule is Cc1nc(N2C(=O)C(c3c[nH]c4ccccc34)SC2=S)c2c3c(sc2n1)CCCC3. The minimum Gasteiger partial charge on any atom is -0.361 e. The molecule has 0 saturated carbocycles. The van der Waals surface area contributed by atoms with Crippen LogP contribution in [-0.4, -0.2) is 25.2 Å². The number of thiocarbonyl (C=S) groups is 1. The quantitative estimate of drug-likeness (QED) is 0.411. The van der Waals surface area contributed by atoms with E-state index in [0.29, 0.717) is 16.0 Å². The second kappa shape index (κ2) is 6.87. The van der Waals surface area contributed by atoms with Crippen LogP contribution < -0.4 is 4.90 Å². The van der Waals surface area contributed by atoms with Crippen LogP contribution >= 0.6 is 35.3 Å². The van der Waals surface area contributed by atoms with E-state index in [1.54, 1.807) is 16.2 Å². The van der Waals surface area contributed by atoms with E-state index < -0.39 is 0 Å². The second-order valence-electron chi connectivity index (χ2n) is 7.71. The molecule has 2 aliphatic rings. The normalized spacial score (nSPS) is 19.2. The molecule has 0 spiro atoms. The monoisotopic (exact) mass is 450 g/mol. The van der Waals surface area contributed by atoms with Crippen molar-refractivity contribution in [1.82, 2.24) is 15.0 Å². The molecule has 30 heavy (non-hydrogen) atoms. The number of aromatic nitrogens is 3. The van der Waals surface area contributed by atoms with Gasteiger partial charge in [-0.15, -0.1) is 11.3 Å². The van der Waals surface area contributed by atoms with E-state index in [1.165, 1.54) is 28.6 Å². The second-order valence-corrected chi connectivity index (χ2v) is 10.5. The summed E-state index contributed by atoms with van der Waals surface area (Å²) in [7, 11) is 0. The highest BCUT2D eigenvalue weighted by molar-refractivity contribution is 8.24. The zero-order valence-corrected chi connectivity index (χ0v) is 18.7. The number of aryl methyl sites for hydroxylation is 3. The van der Waals surface area contributed by atoms with Gasteiger partial charge in [-0.3, -0.25) is 4.79 Å². The molecular formula is C22H18N4OS3. The predicted octanol–water partition coefficient (Wildman–Crippen LogP) is 5.47. The van der Waals surface area contributed by atoms with E-state index in [1.807, 2.05) is 37.4 Å². The Bertz CT molecular complexity index is 1360. The first-order chi connectivity index (χ1) is 14.6. The average Bonchev–Trinajstić information content (AvgIpc) is 3.40. The molecule has 3 aromatic heterocycles. The van der Waals surface area contributed by atoms with Gasteiger partial charge in [0, 0.05) is 27.5 Å². The summed E-state index contributed by atoms with van der Waals surface area (Å²) < 4.78 is 0.561. The van der Waals surface area contributed by atoms with Crippen LogP contribution in [0.15, 0.2) is 30.5 Å². The minimum absolute atomic E-state index is 0.0232. The van der Waals surface area contributed by atoms with Crippen molar-refractivity contribution < 1.29 is 4.79 Å². The van der Waals surface area contributed by atoms with Crippen molar-refractivity contribution in [2.24, 2.45) is 0 Å². The van der Waals surface area contributed by atoms with Crippen molar-refractivity contribution in [3.8, 4) is 0 Å². The highest BCUT2D eigenvalue weighted by atomic mass is 32.2. The van der Waals surface area contributed by atoms with Crippen LogP contribution in [0.5, 0.6) is 0 Å². The van der Waals surface area contributed by atoms with Crippen molar-refractivity contribution in [3.05, 3.63) is 52.3 Å². The van der Waals surface area contributed by atoms with Crippen LogP contribution in [0.2, 0.25) is 0 Å². The Morgan fingerprint density at radius 3 is 2.93 bits per heavy atom. The molecule has 1 fully saturated rings. The summed E-state index contributed by atoms with van der Waals surface area (Å²) in [6.45, 7) is 1.88. The number of carbonyl (C=O) groups excluding carboxylic acids is 1. The number of anilines is 1. The van der Waals surface area contributed by atoms with Gasteiger partial charge >= 0.3 is 0 Å². The summed E-state index contributed by atoms with van der Waals surface area (Å²) >= 11 is 8.89. The third-order valence-electron chi connectivity index (χ3n) is 5.87. The standard InChI is InChI=1S/C22H18N4OS3/c1-11-24-19(17-13-7-3-5-9-16(13)29-20(17)25-11)26-21(27)18(30-22(26)28)14-10-23-15-8-4-2-6-12(14)15/h2,4,6,8,10,18,23H,3,5,7,9H2,1H3. The van der Waals surface area contributed by atoms with E-state index in [0.717, 1.165) is 45.9 Å². The molecule has 4 aromatic rings. The highest BCUT2D eigenvalue weighted by Gasteiger charge is 2.42. The van der Waals surface area contributed by atoms with Crippen LogP contribution in [-0.2, 0) is 17.6 Å². The Morgan fingerprint density at radius 1 is 1.20 bits per heavy atom. The fraction of sp³-hybridized carbons (Fsp3) is 0.273. The molecule has 0 bridgehead atoms. The largest absolute Gasteiger partial charge is 0.361 e. The smallest absolute Gasteiger partial charge is 0.251 e. The number of amides is 1. The van der Waals surface area contributed by atoms with Crippen LogP contribution in [0.4, 0.5) is 5.82 Å². The van der Waals surface area contributed by atoms with E-state index in [4.69, 9.17) is 17.2 Å². The molecule has 1 saturated heterocycles. The van der Waals surface area contributed by atoms with Crippen LogP contribution in [0, 0.1) is 6.92 Å². The molecule has 150 valence electrons. The number of carbonyl (C=O) groups is 1. The summed E-state index contributed by atoms with van der Waals surface area (Å²) in [5.74, 6) is 1.32. The Hall–Kier alpha value is -2.29. The molecule has 1 unspecified atom stereocenters. The highest BCUT2D eigenvalue weighted by Crippen LogP contribution is 2.47. The summed E-state index contributed by atoms with van der Waals surface area (Å²) in [6.07, 6.45) is 6.40. The fourth-order valence-electron chi connectivity index (χ4n) is 4.51. The van der Waals surface area contributed by atoms with E-state index in [-0.39, 0.29) is 11.2 Å². The summed E-state index contributed by atoms with van der Waals surface area (Å²) in [5, 5.41) is 1.72. The lowest BCUT2D eigenvalue weighted by atomic mass is 9.97. The maximum absolute atomic E-state index is 13.7. The molecule has 1 aliphatic carbocycles. The predicted molar refractivity (Wildman–Crippen MR) is 128 cm³/mol. The van der Waals surface area contributed by atoms with Crippen molar-refractivity contribution in [2.75, 3.05) is 4.90 Å². The zero-order chi connectivity index (χ0) is 20.4. The number of hydrogen-bond acceptors (Lipinski definition) is 6. The number of thioether (sulfide) groups is 1. The summed E-state index contributed by atoms with van der Waals surface area (Å²) in [5.41, 5.74) is 3.31. The topological polar surface area (TPSA) is 61.9 Å². The molecule has 5 nitrogen and oxygen atoms in total. The number of nitrogens with zero attached hydrogens (tertiary/aromatic N) is 3. The molecule has 4 heterocycles. The lowest BCUT2D eigenvalue weighted by Crippen LogP contribution is -2.30. The van der Waals surface area contributed by atoms with Crippen molar-refractivity contribution in [3.63, 3.8) is 0 Å². The number of nitrogens with one attached hydrogen (secondary N) is 1. The van der Waals surface area contributed by atoms with Crippen LogP contribution in [0.25, 0.3) is 21.1 Å². The van der Waals surface area contributed by atoms with Gasteiger partial charge in [0.15, 0.2) is 5.82 Å². The van der Waals surface area contributed by atoms with Gasteiger partial charge in [-0.25, -0.2) is 14.9 Å². The van der Waals surface area contributed by atoms with E-state index in [2.05, 4.69) is 9.97 Å². The van der Waals surface area contributed by atoms with Gasteiger partial charge in [-0.1, -0.05) is 42.2 Å². The number of H-pyrrole nitrogens is 1. The molecule has 0 radical (unpaired) electrons. The van der Waals surface area contributed by atoms with Crippen LogP contribution in [0.1, 0.15) is 39.9 Å². The van der Waals surface area contributed by atoms with Gasteiger partial charge in [0.05, 0.1) is 5.39 Å². The lowest BCUT2D eigenvalue weighted by molar-refractivity contribution is -0.117. The van der Waals surface area contributed by atoms with Gasteiger partial charge in [0.1, 0.15) is 20.2 Å².